The minimum atomic E-state index is -0.234. The predicted molar refractivity (Wildman–Crippen MR) is 109 cm³/mol. The molecule has 1 aromatic carbocycles. The second-order valence-corrected chi connectivity index (χ2v) is 7.75. The van der Waals surface area contributed by atoms with E-state index in [-0.39, 0.29) is 11.5 Å². The van der Waals surface area contributed by atoms with Crippen molar-refractivity contribution in [3.05, 3.63) is 62.7 Å². The summed E-state index contributed by atoms with van der Waals surface area (Å²) in [6.07, 6.45) is 0.783. The maximum Gasteiger partial charge on any atom is 0.274 e. The van der Waals surface area contributed by atoms with Gasteiger partial charge < -0.3 is 5.32 Å². The van der Waals surface area contributed by atoms with Gasteiger partial charge >= 0.3 is 0 Å². The lowest BCUT2D eigenvalue weighted by molar-refractivity contribution is 0.0950. The van der Waals surface area contributed by atoms with E-state index in [9.17, 15) is 9.59 Å². The van der Waals surface area contributed by atoms with Crippen molar-refractivity contribution in [2.75, 3.05) is 12.3 Å². The molecular formula is C19H21N3O2S2. The molecule has 0 saturated heterocycles. The normalized spacial score (nSPS) is 11.0. The molecule has 0 aliphatic carbocycles. The zero-order chi connectivity index (χ0) is 18.4. The summed E-state index contributed by atoms with van der Waals surface area (Å²) in [6, 6.07) is 9.27. The Bertz CT molecular complexity index is 936. The van der Waals surface area contributed by atoms with E-state index < -0.39 is 0 Å². The number of nitrogens with one attached hydrogen (secondary N) is 1. The van der Waals surface area contributed by atoms with Crippen molar-refractivity contribution in [2.45, 2.75) is 25.6 Å². The van der Waals surface area contributed by atoms with Gasteiger partial charge in [0.25, 0.3) is 11.5 Å². The van der Waals surface area contributed by atoms with Crippen LogP contribution >= 0.6 is 23.1 Å². The van der Waals surface area contributed by atoms with Crippen molar-refractivity contribution < 1.29 is 4.79 Å². The van der Waals surface area contributed by atoms with Crippen LogP contribution in [0.5, 0.6) is 0 Å². The van der Waals surface area contributed by atoms with E-state index in [1.54, 1.807) is 35.2 Å². The number of thiophene rings is 1. The van der Waals surface area contributed by atoms with E-state index in [0.29, 0.717) is 29.6 Å². The molecular weight excluding hydrogens is 366 g/mol. The van der Waals surface area contributed by atoms with E-state index in [0.717, 1.165) is 17.9 Å². The van der Waals surface area contributed by atoms with E-state index in [1.165, 1.54) is 10.2 Å². The summed E-state index contributed by atoms with van der Waals surface area (Å²) in [7, 11) is 0. The molecule has 26 heavy (non-hydrogen) atoms. The monoisotopic (exact) mass is 387 g/mol. The van der Waals surface area contributed by atoms with Crippen LogP contribution in [0.2, 0.25) is 0 Å². The smallest absolute Gasteiger partial charge is 0.274 e. The number of rotatable bonds is 8. The van der Waals surface area contributed by atoms with Gasteiger partial charge in [0.05, 0.1) is 5.39 Å². The van der Waals surface area contributed by atoms with Crippen LogP contribution in [0.15, 0.2) is 45.9 Å². The van der Waals surface area contributed by atoms with Gasteiger partial charge in [-0.2, -0.15) is 28.2 Å². The Morgan fingerprint density at radius 1 is 1.27 bits per heavy atom. The molecule has 2 aromatic heterocycles. The van der Waals surface area contributed by atoms with Crippen LogP contribution in [0.4, 0.5) is 0 Å². The quantitative estimate of drug-likeness (QED) is 0.601. The number of hydrogen-bond acceptors (Lipinski definition) is 5. The number of thioether (sulfide) groups is 1. The van der Waals surface area contributed by atoms with Crippen molar-refractivity contribution in [2.24, 2.45) is 0 Å². The van der Waals surface area contributed by atoms with Gasteiger partial charge in [-0.1, -0.05) is 25.1 Å². The molecule has 0 atom stereocenters. The first-order valence-electron chi connectivity index (χ1n) is 8.57. The summed E-state index contributed by atoms with van der Waals surface area (Å²) in [5.41, 5.74) is 1.48. The highest BCUT2D eigenvalue weighted by Crippen LogP contribution is 2.15. The van der Waals surface area contributed by atoms with Gasteiger partial charge in [-0.25, -0.2) is 4.68 Å². The third-order valence-electron chi connectivity index (χ3n) is 3.90. The molecule has 0 fully saturated rings. The molecule has 1 N–H and O–H groups in total. The molecule has 2 heterocycles. The van der Waals surface area contributed by atoms with Crippen molar-refractivity contribution in [1.82, 2.24) is 15.1 Å². The number of hydrogen-bond donors (Lipinski definition) is 1. The van der Waals surface area contributed by atoms with Crippen LogP contribution in [0, 0.1) is 0 Å². The summed E-state index contributed by atoms with van der Waals surface area (Å²) in [5, 5.41) is 12.6. The third kappa shape index (κ3) is 4.34. The van der Waals surface area contributed by atoms with Gasteiger partial charge in [-0.05, 0) is 34.9 Å². The minimum Gasteiger partial charge on any atom is -0.350 e. The SMILES string of the molecule is CCCn1nc(C(=O)NCCSCc2ccsc2)c2ccccc2c1=O. The molecule has 5 nitrogen and oxygen atoms in total. The molecule has 3 rings (SSSR count). The highest BCUT2D eigenvalue weighted by Gasteiger charge is 2.15. The second-order valence-electron chi connectivity index (χ2n) is 5.86. The number of carbonyl (C=O) groups excluding carboxylic acids is 1. The number of benzene rings is 1. The van der Waals surface area contributed by atoms with E-state index in [1.807, 2.05) is 19.1 Å². The van der Waals surface area contributed by atoms with Gasteiger partial charge in [0.15, 0.2) is 5.69 Å². The largest absolute Gasteiger partial charge is 0.350 e. The molecule has 0 bridgehead atoms. The maximum atomic E-state index is 12.6. The Balaban J connectivity index is 1.69. The van der Waals surface area contributed by atoms with Crippen LogP contribution < -0.4 is 10.9 Å². The summed E-state index contributed by atoms with van der Waals surface area (Å²) >= 11 is 3.48. The molecule has 0 aliphatic rings. The predicted octanol–water partition coefficient (Wildman–Crippen LogP) is 3.53. The van der Waals surface area contributed by atoms with Crippen molar-refractivity contribution >= 4 is 39.8 Å². The first-order valence-corrected chi connectivity index (χ1v) is 10.7. The van der Waals surface area contributed by atoms with Crippen LogP contribution in [-0.2, 0) is 12.3 Å². The van der Waals surface area contributed by atoms with Crippen LogP contribution in [0.3, 0.4) is 0 Å². The summed E-state index contributed by atoms with van der Waals surface area (Å²) < 4.78 is 1.39. The zero-order valence-corrected chi connectivity index (χ0v) is 16.2. The van der Waals surface area contributed by atoms with Crippen molar-refractivity contribution in [1.29, 1.82) is 0 Å². The molecule has 0 spiro atoms. The van der Waals surface area contributed by atoms with Gasteiger partial charge in [0.2, 0.25) is 0 Å². The van der Waals surface area contributed by atoms with Crippen LogP contribution in [0.25, 0.3) is 10.8 Å². The molecule has 0 saturated carbocycles. The van der Waals surface area contributed by atoms with E-state index in [2.05, 4.69) is 27.2 Å². The van der Waals surface area contributed by atoms with Gasteiger partial charge in [-0.15, -0.1) is 0 Å². The first kappa shape index (κ1) is 18.7. The average molecular weight is 388 g/mol. The Labute approximate surface area is 160 Å². The lowest BCUT2D eigenvalue weighted by atomic mass is 10.1. The molecule has 0 radical (unpaired) electrons. The number of aromatic nitrogens is 2. The first-order chi connectivity index (χ1) is 12.7. The molecule has 0 unspecified atom stereocenters. The van der Waals surface area contributed by atoms with Gasteiger partial charge in [0.1, 0.15) is 0 Å². The van der Waals surface area contributed by atoms with Crippen LogP contribution in [-0.4, -0.2) is 28.0 Å². The van der Waals surface area contributed by atoms with Gasteiger partial charge in [-0.3, -0.25) is 9.59 Å². The minimum absolute atomic E-state index is 0.148. The van der Waals surface area contributed by atoms with Crippen LogP contribution in [0.1, 0.15) is 29.4 Å². The topological polar surface area (TPSA) is 64.0 Å². The number of nitrogens with zero attached hydrogens (tertiary/aromatic N) is 2. The number of fused-ring (bicyclic) bond motifs is 1. The summed E-state index contributed by atoms with van der Waals surface area (Å²) in [4.78, 5) is 25.1. The molecule has 3 aromatic rings. The van der Waals surface area contributed by atoms with Crippen molar-refractivity contribution in [3.63, 3.8) is 0 Å². The number of amides is 1. The highest BCUT2D eigenvalue weighted by molar-refractivity contribution is 7.98. The standard InChI is InChI=1S/C19H21N3O2S2/c1-2-9-22-19(24)16-6-4-3-5-15(16)17(21-22)18(23)20-8-11-26-13-14-7-10-25-12-14/h3-7,10,12H,2,8-9,11,13H2,1H3,(H,20,23). The number of carbonyl (C=O) groups is 1. The Morgan fingerprint density at radius 3 is 2.81 bits per heavy atom. The molecule has 1 amide bonds. The summed E-state index contributed by atoms with van der Waals surface area (Å²) in [5.74, 6) is 1.54. The fourth-order valence-electron chi connectivity index (χ4n) is 2.65. The number of aryl methyl sites for hydroxylation is 1. The zero-order valence-electron chi connectivity index (χ0n) is 14.6. The fraction of sp³-hybridized carbons (Fsp3) is 0.316. The lowest BCUT2D eigenvalue weighted by Crippen LogP contribution is -2.31. The molecule has 136 valence electrons. The van der Waals surface area contributed by atoms with Crippen molar-refractivity contribution in [3.8, 4) is 0 Å². The lowest BCUT2D eigenvalue weighted by Gasteiger charge is -2.10. The molecule has 7 heteroatoms. The molecule has 0 aliphatic heterocycles. The van der Waals surface area contributed by atoms with Gasteiger partial charge in [0, 0.05) is 30.0 Å². The Kier molecular flexibility index (Phi) is 6.46. The average Bonchev–Trinajstić information content (AvgIpc) is 3.17. The van der Waals surface area contributed by atoms with E-state index >= 15 is 0 Å². The highest BCUT2D eigenvalue weighted by atomic mass is 32.2. The Hall–Kier alpha value is -2.12. The van der Waals surface area contributed by atoms with E-state index in [4.69, 9.17) is 0 Å². The third-order valence-corrected chi connectivity index (χ3v) is 5.66. The second kappa shape index (κ2) is 9.00. The maximum absolute atomic E-state index is 12.6. The summed E-state index contributed by atoms with van der Waals surface area (Å²) in [6.45, 7) is 3.05. The Morgan fingerprint density at radius 2 is 2.08 bits per heavy atom. The fourth-order valence-corrected chi connectivity index (χ4v) is 4.23.